The molecule has 0 radical (unpaired) electrons. The lowest BCUT2D eigenvalue weighted by Crippen LogP contribution is -2.38. The number of benzene rings is 3. The van der Waals surface area contributed by atoms with Crippen LogP contribution in [-0.2, 0) is 14.8 Å². The largest absolute Gasteiger partial charge is 0.493 e. The smallest absolute Gasteiger partial charge is 0.274 e. The van der Waals surface area contributed by atoms with E-state index < -0.39 is 27.4 Å². The Morgan fingerprint density at radius 1 is 1.00 bits per heavy atom. The molecule has 0 aliphatic rings. The first kappa shape index (κ1) is 24.5. The Hall–Kier alpha value is -4.12. The van der Waals surface area contributed by atoms with Crippen LogP contribution in [-0.4, -0.2) is 40.0 Å². The van der Waals surface area contributed by atoms with Gasteiger partial charge in [-0.25, -0.2) is 8.42 Å². The molecule has 0 atom stereocenters. The zero-order valence-corrected chi connectivity index (χ0v) is 19.5. The fraction of sp³-hybridized carbons (Fsp3) is 0.174. The lowest BCUT2D eigenvalue weighted by atomic mass is 10.1. The Bertz CT molecular complexity index is 1310. The number of anilines is 2. The maximum atomic E-state index is 13.5. The van der Waals surface area contributed by atoms with E-state index in [2.05, 4.69) is 5.32 Å². The number of carbonyl (C=O) groups excluding carboxylic acids is 1. The first-order valence-corrected chi connectivity index (χ1v) is 11.5. The lowest BCUT2D eigenvalue weighted by molar-refractivity contribution is -0.385. The van der Waals surface area contributed by atoms with Crippen LogP contribution in [0.4, 0.5) is 17.1 Å². The second-order valence-corrected chi connectivity index (χ2v) is 8.98. The first-order chi connectivity index (χ1) is 16.2. The summed E-state index contributed by atoms with van der Waals surface area (Å²) in [5, 5.41) is 13.8. The van der Waals surface area contributed by atoms with Crippen LogP contribution in [0.3, 0.4) is 0 Å². The van der Waals surface area contributed by atoms with Crippen molar-refractivity contribution in [2.24, 2.45) is 0 Å². The van der Waals surface area contributed by atoms with E-state index in [-0.39, 0.29) is 33.3 Å². The number of nitrogens with zero attached hydrogens (tertiary/aromatic N) is 2. The number of nitro benzene ring substituents is 1. The van der Waals surface area contributed by atoms with E-state index in [4.69, 9.17) is 9.47 Å². The molecule has 0 aliphatic heterocycles. The minimum atomic E-state index is -4.15. The van der Waals surface area contributed by atoms with Crippen molar-refractivity contribution in [1.29, 1.82) is 0 Å². The van der Waals surface area contributed by atoms with Gasteiger partial charge >= 0.3 is 0 Å². The molecule has 10 nitrogen and oxygen atoms in total. The van der Waals surface area contributed by atoms with Gasteiger partial charge in [0, 0.05) is 12.1 Å². The van der Waals surface area contributed by atoms with Gasteiger partial charge in [0.15, 0.2) is 11.5 Å². The molecule has 0 fully saturated rings. The van der Waals surface area contributed by atoms with Gasteiger partial charge in [-0.05, 0) is 37.3 Å². The van der Waals surface area contributed by atoms with E-state index in [1.165, 1.54) is 69.7 Å². The number of amides is 1. The van der Waals surface area contributed by atoms with Crippen LogP contribution in [0, 0.1) is 17.0 Å². The summed E-state index contributed by atoms with van der Waals surface area (Å²) in [6.45, 7) is 0.912. The van der Waals surface area contributed by atoms with Gasteiger partial charge in [-0.3, -0.25) is 19.2 Å². The SMILES string of the molecule is COc1ccc(N(CC(=O)Nc2cccc([N+](=O)[O-])c2C)S(=O)(=O)c2ccccc2)cc1OC. The normalized spacial score (nSPS) is 10.9. The third kappa shape index (κ3) is 5.09. The predicted molar refractivity (Wildman–Crippen MR) is 127 cm³/mol. The average molecular weight is 486 g/mol. The second kappa shape index (κ2) is 10.2. The highest BCUT2D eigenvalue weighted by Crippen LogP contribution is 2.34. The highest BCUT2D eigenvalue weighted by Gasteiger charge is 2.28. The zero-order valence-electron chi connectivity index (χ0n) is 18.7. The standard InChI is InChI=1S/C23H23N3O7S/c1-16-19(10-7-11-20(16)26(28)29)24-23(27)15-25(34(30,31)18-8-5-4-6-9-18)17-12-13-21(32-2)22(14-17)33-3/h4-14H,15H2,1-3H3,(H,24,27). The molecule has 0 saturated heterocycles. The minimum Gasteiger partial charge on any atom is -0.493 e. The van der Waals surface area contributed by atoms with Gasteiger partial charge in [0.05, 0.1) is 41.0 Å². The summed E-state index contributed by atoms with van der Waals surface area (Å²) >= 11 is 0. The van der Waals surface area contributed by atoms with Crippen LogP contribution in [0.15, 0.2) is 71.6 Å². The maximum absolute atomic E-state index is 13.5. The van der Waals surface area contributed by atoms with Crippen LogP contribution in [0.25, 0.3) is 0 Å². The summed E-state index contributed by atoms with van der Waals surface area (Å²) in [6, 6.07) is 16.4. The number of sulfonamides is 1. The number of nitrogens with one attached hydrogen (secondary N) is 1. The summed E-state index contributed by atoms with van der Waals surface area (Å²) < 4.78 is 38.4. The Morgan fingerprint density at radius 3 is 2.29 bits per heavy atom. The number of ether oxygens (including phenoxy) is 2. The molecule has 0 saturated carbocycles. The van der Waals surface area contributed by atoms with E-state index in [9.17, 15) is 23.3 Å². The third-order valence-electron chi connectivity index (χ3n) is 5.05. The van der Waals surface area contributed by atoms with Crippen molar-refractivity contribution in [2.75, 3.05) is 30.4 Å². The van der Waals surface area contributed by atoms with E-state index in [1.807, 2.05) is 0 Å². The summed E-state index contributed by atoms with van der Waals surface area (Å²) in [4.78, 5) is 23.6. The molecule has 3 aromatic carbocycles. The molecule has 0 spiro atoms. The molecule has 1 N–H and O–H groups in total. The first-order valence-electron chi connectivity index (χ1n) is 10.0. The topological polar surface area (TPSA) is 128 Å². The summed E-state index contributed by atoms with van der Waals surface area (Å²) in [6.07, 6.45) is 0. The van der Waals surface area contributed by atoms with Gasteiger partial charge in [0.25, 0.3) is 15.7 Å². The van der Waals surface area contributed by atoms with E-state index >= 15 is 0 Å². The van der Waals surface area contributed by atoms with Crippen LogP contribution in [0.2, 0.25) is 0 Å². The van der Waals surface area contributed by atoms with Gasteiger partial charge in [0.1, 0.15) is 6.54 Å². The molecule has 11 heteroatoms. The fourth-order valence-electron chi connectivity index (χ4n) is 3.29. The van der Waals surface area contributed by atoms with Gasteiger partial charge in [-0.15, -0.1) is 0 Å². The van der Waals surface area contributed by atoms with Gasteiger partial charge < -0.3 is 14.8 Å². The van der Waals surface area contributed by atoms with Crippen molar-refractivity contribution in [1.82, 2.24) is 0 Å². The Balaban J connectivity index is 2.01. The van der Waals surface area contributed by atoms with Gasteiger partial charge in [0.2, 0.25) is 5.91 Å². The Kier molecular flexibility index (Phi) is 7.37. The number of hydrogen-bond acceptors (Lipinski definition) is 7. The lowest BCUT2D eigenvalue weighted by Gasteiger charge is -2.25. The monoisotopic (exact) mass is 485 g/mol. The minimum absolute atomic E-state index is 0.0101. The third-order valence-corrected chi connectivity index (χ3v) is 6.84. The molecule has 0 aromatic heterocycles. The zero-order chi connectivity index (χ0) is 24.9. The van der Waals surface area contributed by atoms with Crippen molar-refractivity contribution in [3.63, 3.8) is 0 Å². The second-order valence-electron chi connectivity index (χ2n) is 7.12. The molecule has 0 aliphatic carbocycles. The molecule has 1 amide bonds. The van der Waals surface area contributed by atoms with Crippen molar-refractivity contribution in [3.05, 3.63) is 82.4 Å². The molecule has 0 bridgehead atoms. The number of hydrogen-bond donors (Lipinski definition) is 1. The van der Waals surface area contributed by atoms with Crippen LogP contribution in [0.5, 0.6) is 11.5 Å². The van der Waals surface area contributed by atoms with Crippen molar-refractivity contribution in [2.45, 2.75) is 11.8 Å². The molecular formula is C23H23N3O7S. The van der Waals surface area contributed by atoms with E-state index in [0.717, 1.165) is 4.31 Å². The Morgan fingerprint density at radius 2 is 1.68 bits per heavy atom. The molecule has 3 rings (SSSR count). The van der Waals surface area contributed by atoms with Crippen molar-refractivity contribution >= 4 is 33.0 Å². The summed E-state index contributed by atoms with van der Waals surface area (Å²) in [5.74, 6) is -0.0129. The molecule has 0 heterocycles. The number of carbonyl (C=O) groups is 1. The molecule has 0 unspecified atom stereocenters. The van der Waals surface area contributed by atoms with Crippen molar-refractivity contribution in [3.8, 4) is 11.5 Å². The van der Waals surface area contributed by atoms with Crippen molar-refractivity contribution < 1.29 is 27.6 Å². The van der Waals surface area contributed by atoms with Gasteiger partial charge in [-0.1, -0.05) is 24.3 Å². The highest BCUT2D eigenvalue weighted by atomic mass is 32.2. The van der Waals surface area contributed by atoms with E-state index in [1.54, 1.807) is 18.2 Å². The Labute approximate surface area is 196 Å². The summed E-state index contributed by atoms with van der Waals surface area (Å²) in [5.41, 5.74) is 0.479. The van der Waals surface area contributed by atoms with Gasteiger partial charge in [-0.2, -0.15) is 0 Å². The highest BCUT2D eigenvalue weighted by molar-refractivity contribution is 7.92. The van der Waals surface area contributed by atoms with Crippen LogP contribution in [0.1, 0.15) is 5.56 Å². The molecule has 3 aromatic rings. The molecule has 178 valence electrons. The number of rotatable bonds is 9. The maximum Gasteiger partial charge on any atom is 0.274 e. The number of nitro groups is 1. The molecule has 34 heavy (non-hydrogen) atoms. The van der Waals surface area contributed by atoms with Crippen LogP contribution < -0.4 is 19.1 Å². The number of methoxy groups -OCH3 is 2. The average Bonchev–Trinajstić information content (AvgIpc) is 2.83. The van der Waals surface area contributed by atoms with Crippen LogP contribution >= 0.6 is 0 Å². The molecular weight excluding hydrogens is 462 g/mol. The quantitative estimate of drug-likeness (QED) is 0.361. The van der Waals surface area contributed by atoms with E-state index in [0.29, 0.717) is 5.75 Å². The summed E-state index contributed by atoms with van der Waals surface area (Å²) in [7, 11) is -1.29. The predicted octanol–water partition coefficient (Wildman–Crippen LogP) is 3.75. The fourth-order valence-corrected chi connectivity index (χ4v) is 4.73.